The summed E-state index contributed by atoms with van der Waals surface area (Å²) in [6, 6.07) is 8.49. The molecular weight excluding hydrogens is 295 g/mol. The molecule has 0 fully saturated rings. The molecule has 0 atom stereocenters. The topological polar surface area (TPSA) is 9.23 Å². The standard InChI is InChI=1S/C8H13IOSi2/c1-12(2,10-11)8-6-4-3-5-7(8)9/h3-6H,1-2,11H3. The number of hydrogen-bond donors (Lipinski definition) is 0. The molecule has 4 heteroatoms. The minimum absolute atomic E-state index is 0.838. The third kappa shape index (κ3) is 2.18. The maximum absolute atomic E-state index is 5.68. The molecule has 0 heterocycles. The van der Waals surface area contributed by atoms with E-state index in [4.69, 9.17) is 4.12 Å². The Morgan fingerprint density at radius 3 is 2.42 bits per heavy atom. The molecule has 0 saturated heterocycles. The van der Waals surface area contributed by atoms with Crippen LogP contribution in [0.2, 0.25) is 13.1 Å². The molecule has 0 amide bonds. The second kappa shape index (κ2) is 4.03. The third-order valence-corrected chi connectivity index (χ3v) is 9.30. The first-order valence-corrected chi connectivity index (χ1v) is 8.68. The molecule has 0 unspecified atom stereocenters. The molecule has 0 bridgehead atoms. The summed E-state index contributed by atoms with van der Waals surface area (Å²) in [4.78, 5) is 0. The van der Waals surface area contributed by atoms with Crippen molar-refractivity contribution < 1.29 is 4.12 Å². The molecule has 0 aliphatic heterocycles. The highest BCUT2D eigenvalue weighted by atomic mass is 127. The van der Waals surface area contributed by atoms with E-state index < -0.39 is 8.32 Å². The summed E-state index contributed by atoms with van der Waals surface area (Å²) in [5, 5.41) is 1.42. The first-order valence-electron chi connectivity index (χ1n) is 3.88. The Morgan fingerprint density at radius 1 is 1.33 bits per heavy atom. The quantitative estimate of drug-likeness (QED) is 0.585. The number of halogens is 1. The zero-order valence-corrected chi connectivity index (χ0v) is 12.8. The van der Waals surface area contributed by atoms with E-state index in [2.05, 4.69) is 60.0 Å². The predicted octanol–water partition coefficient (Wildman–Crippen LogP) is 1.00. The molecule has 1 aromatic carbocycles. The van der Waals surface area contributed by atoms with E-state index in [1.807, 2.05) is 0 Å². The van der Waals surface area contributed by atoms with Crippen molar-refractivity contribution in [1.82, 2.24) is 0 Å². The number of rotatable bonds is 2. The van der Waals surface area contributed by atoms with Crippen LogP contribution < -0.4 is 5.19 Å². The Hall–Kier alpha value is 0.344. The van der Waals surface area contributed by atoms with Gasteiger partial charge in [-0.1, -0.05) is 18.2 Å². The molecule has 12 heavy (non-hydrogen) atoms. The van der Waals surface area contributed by atoms with E-state index in [0.717, 1.165) is 10.5 Å². The van der Waals surface area contributed by atoms with Crippen molar-refractivity contribution in [3.8, 4) is 0 Å². The van der Waals surface area contributed by atoms with Crippen LogP contribution >= 0.6 is 22.6 Å². The largest absolute Gasteiger partial charge is 0.460 e. The highest BCUT2D eigenvalue weighted by Gasteiger charge is 2.24. The van der Waals surface area contributed by atoms with Gasteiger partial charge in [-0.15, -0.1) is 0 Å². The van der Waals surface area contributed by atoms with E-state index >= 15 is 0 Å². The summed E-state index contributed by atoms with van der Waals surface area (Å²) < 4.78 is 7.01. The molecule has 1 nitrogen and oxygen atoms in total. The molecule has 0 N–H and O–H groups in total. The summed E-state index contributed by atoms with van der Waals surface area (Å²) in [5.74, 6) is 0. The van der Waals surface area contributed by atoms with Gasteiger partial charge in [-0.3, -0.25) is 0 Å². The Balaban J connectivity index is 3.10. The number of hydrogen-bond acceptors (Lipinski definition) is 1. The monoisotopic (exact) mass is 308 g/mol. The summed E-state index contributed by atoms with van der Waals surface area (Å²) in [5.41, 5.74) is 0. The Kier molecular flexibility index (Phi) is 3.51. The van der Waals surface area contributed by atoms with Gasteiger partial charge >= 0.3 is 0 Å². The van der Waals surface area contributed by atoms with Gasteiger partial charge in [0.15, 0.2) is 0 Å². The minimum Gasteiger partial charge on any atom is -0.460 e. The molecule has 1 rings (SSSR count). The van der Waals surface area contributed by atoms with Gasteiger partial charge in [-0.25, -0.2) is 0 Å². The first-order chi connectivity index (χ1) is 5.58. The molecule has 0 spiro atoms. The summed E-state index contributed by atoms with van der Waals surface area (Å²) >= 11 is 2.38. The summed E-state index contributed by atoms with van der Waals surface area (Å²) in [6.45, 7) is 4.50. The lowest BCUT2D eigenvalue weighted by Crippen LogP contribution is -2.45. The van der Waals surface area contributed by atoms with E-state index in [0.29, 0.717) is 0 Å². The van der Waals surface area contributed by atoms with Gasteiger partial charge in [0, 0.05) is 3.57 Å². The molecule has 0 saturated carbocycles. The average molecular weight is 308 g/mol. The zero-order valence-electron chi connectivity index (χ0n) is 7.60. The Morgan fingerprint density at radius 2 is 1.92 bits per heavy atom. The summed E-state index contributed by atoms with van der Waals surface area (Å²) in [6.07, 6.45) is 0. The fourth-order valence-corrected chi connectivity index (χ4v) is 5.43. The average Bonchev–Trinajstić information content (AvgIpc) is 2.05. The van der Waals surface area contributed by atoms with E-state index in [-0.39, 0.29) is 0 Å². The van der Waals surface area contributed by atoms with Gasteiger partial charge in [0.25, 0.3) is 0 Å². The summed E-state index contributed by atoms with van der Waals surface area (Å²) in [7, 11) is -0.705. The predicted molar refractivity (Wildman–Crippen MR) is 67.3 cm³/mol. The van der Waals surface area contributed by atoms with Gasteiger partial charge < -0.3 is 4.12 Å². The molecule has 0 radical (unpaired) electrons. The van der Waals surface area contributed by atoms with Crippen LogP contribution in [0.3, 0.4) is 0 Å². The smallest absolute Gasteiger partial charge is 0.206 e. The minimum atomic E-state index is -1.54. The lowest BCUT2D eigenvalue weighted by molar-refractivity contribution is 0.628. The molecule has 0 aliphatic carbocycles. The van der Waals surface area contributed by atoms with Gasteiger partial charge in [0.1, 0.15) is 10.5 Å². The second-order valence-electron chi connectivity index (χ2n) is 3.19. The van der Waals surface area contributed by atoms with Crippen LogP contribution in [0.5, 0.6) is 0 Å². The lowest BCUT2D eigenvalue weighted by Gasteiger charge is -2.22. The van der Waals surface area contributed by atoms with Crippen molar-refractivity contribution in [3.05, 3.63) is 27.8 Å². The van der Waals surface area contributed by atoms with Crippen molar-refractivity contribution in [2.45, 2.75) is 13.1 Å². The van der Waals surface area contributed by atoms with Crippen LogP contribution in [0.15, 0.2) is 24.3 Å². The maximum atomic E-state index is 5.68. The van der Waals surface area contributed by atoms with E-state index in [9.17, 15) is 0 Å². The van der Waals surface area contributed by atoms with E-state index in [1.165, 1.54) is 8.76 Å². The van der Waals surface area contributed by atoms with Crippen LogP contribution in [0.4, 0.5) is 0 Å². The van der Waals surface area contributed by atoms with Crippen molar-refractivity contribution in [3.63, 3.8) is 0 Å². The molecule has 66 valence electrons. The third-order valence-electron chi connectivity index (χ3n) is 2.03. The maximum Gasteiger partial charge on any atom is 0.206 e. The van der Waals surface area contributed by atoms with Crippen LogP contribution in [-0.4, -0.2) is 18.8 Å². The van der Waals surface area contributed by atoms with Crippen LogP contribution in [-0.2, 0) is 4.12 Å². The Bertz CT molecular complexity index is 276. The lowest BCUT2D eigenvalue weighted by atomic mass is 10.4. The van der Waals surface area contributed by atoms with Gasteiger partial charge in [0.2, 0.25) is 8.32 Å². The normalized spacial score (nSPS) is 11.9. The van der Waals surface area contributed by atoms with Gasteiger partial charge in [-0.2, -0.15) is 0 Å². The highest BCUT2D eigenvalue weighted by molar-refractivity contribution is 14.1. The highest BCUT2D eigenvalue weighted by Crippen LogP contribution is 2.09. The van der Waals surface area contributed by atoms with Crippen molar-refractivity contribution >= 4 is 46.6 Å². The van der Waals surface area contributed by atoms with Crippen LogP contribution in [0, 0.1) is 3.57 Å². The van der Waals surface area contributed by atoms with Crippen LogP contribution in [0.1, 0.15) is 0 Å². The fraction of sp³-hybridized carbons (Fsp3) is 0.250. The fourth-order valence-electron chi connectivity index (χ4n) is 1.06. The van der Waals surface area contributed by atoms with Crippen molar-refractivity contribution in [1.29, 1.82) is 0 Å². The van der Waals surface area contributed by atoms with Crippen molar-refractivity contribution in [2.24, 2.45) is 0 Å². The molecule has 0 aromatic heterocycles. The molecule has 0 aliphatic rings. The molecular formula is C8H13IOSi2. The van der Waals surface area contributed by atoms with Crippen molar-refractivity contribution in [2.75, 3.05) is 0 Å². The van der Waals surface area contributed by atoms with Crippen LogP contribution in [0.25, 0.3) is 0 Å². The SMILES string of the molecule is C[Si](C)(O[SiH3])c1ccccc1I. The van der Waals surface area contributed by atoms with E-state index in [1.54, 1.807) is 0 Å². The van der Waals surface area contributed by atoms with Gasteiger partial charge in [0.05, 0.1) is 0 Å². The zero-order chi connectivity index (χ0) is 9.19. The Labute approximate surface area is 91.3 Å². The number of benzene rings is 1. The first kappa shape index (κ1) is 10.4. The second-order valence-corrected chi connectivity index (χ2v) is 9.55. The molecule has 1 aromatic rings. The van der Waals surface area contributed by atoms with Gasteiger partial charge in [-0.05, 0) is 46.9 Å².